The average Bonchev–Trinajstić information content (AvgIpc) is 2.99. The van der Waals surface area contributed by atoms with E-state index < -0.39 is 68.8 Å². The highest BCUT2D eigenvalue weighted by molar-refractivity contribution is 9.10. The summed E-state index contributed by atoms with van der Waals surface area (Å²) < 4.78 is 6.25. The third-order valence-electron chi connectivity index (χ3n) is 8.16. The molecule has 0 radical (unpaired) electrons. The minimum Gasteiger partial charge on any atom is -0.458 e. The van der Waals surface area contributed by atoms with E-state index in [4.69, 9.17) is 4.74 Å². The summed E-state index contributed by atoms with van der Waals surface area (Å²) in [6.07, 6.45) is 0.168. The predicted molar refractivity (Wildman–Crippen MR) is 200 cm³/mol. The average molecular weight is 773 g/mol. The number of halogens is 1. The molecule has 2 rings (SSSR count). The Morgan fingerprint density at radius 2 is 1.00 bits per heavy atom. The van der Waals surface area contributed by atoms with E-state index in [9.17, 15) is 28.8 Å². The Hall–Kier alpha value is -4.26. The topological polar surface area (TPSA) is 172 Å². The van der Waals surface area contributed by atoms with Crippen molar-refractivity contribution in [3.63, 3.8) is 0 Å². The Morgan fingerprint density at radius 3 is 1.47 bits per heavy atom. The second-order valence-electron chi connectivity index (χ2n) is 15.9. The van der Waals surface area contributed by atoms with Crippen molar-refractivity contribution in [3.8, 4) is 0 Å². The van der Waals surface area contributed by atoms with Crippen LogP contribution in [0.5, 0.6) is 0 Å². The van der Waals surface area contributed by atoms with E-state index in [0.29, 0.717) is 5.56 Å². The van der Waals surface area contributed by atoms with E-state index in [0.717, 1.165) is 10.0 Å². The second-order valence-corrected chi connectivity index (χ2v) is 16.8. The summed E-state index contributed by atoms with van der Waals surface area (Å²) in [5.74, 6) is -3.73. The number of nitrogens with one attached hydrogen (secondary N) is 5. The van der Waals surface area contributed by atoms with Gasteiger partial charge in [0, 0.05) is 16.5 Å². The molecular weight excluding hydrogens is 718 g/mol. The smallest absolute Gasteiger partial charge is 0.331 e. The molecular formula is C38H54BrN5O7. The molecule has 5 N–H and O–H groups in total. The van der Waals surface area contributed by atoms with Crippen LogP contribution in [0.2, 0.25) is 0 Å². The molecule has 1 atom stereocenters. The molecule has 0 aliphatic carbocycles. The molecule has 0 aromatic heterocycles. The van der Waals surface area contributed by atoms with E-state index in [1.54, 1.807) is 64.1 Å². The first kappa shape index (κ1) is 42.9. The lowest BCUT2D eigenvalue weighted by atomic mass is 9.84. The van der Waals surface area contributed by atoms with Crippen LogP contribution in [-0.2, 0) is 35.1 Å². The van der Waals surface area contributed by atoms with Gasteiger partial charge >= 0.3 is 5.97 Å². The molecule has 2 aromatic rings. The van der Waals surface area contributed by atoms with Crippen molar-refractivity contribution in [2.45, 2.75) is 129 Å². The van der Waals surface area contributed by atoms with Crippen LogP contribution in [0.4, 0.5) is 0 Å². The first-order valence-electron chi connectivity index (χ1n) is 16.8. The summed E-state index contributed by atoms with van der Waals surface area (Å²) in [5, 5.41) is 13.8. The van der Waals surface area contributed by atoms with Crippen molar-refractivity contribution in [2.24, 2.45) is 0 Å². The van der Waals surface area contributed by atoms with Gasteiger partial charge in [-0.25, -0.2) is 4.79 Å². The van der Waals surface area contributed by atoms with Crippen LogP contribution in [0, 0.1) is 0 Å². The zero-order valence-corrected chi connectivity index (χ0v) is 33.4. The summed E-state index contributed by atoms with van der Waals surface area (Å²) in [7, 11) is 0. The third-order valence-corrected chi connectivity index (χ3v) is 8.69. The highest BCUT2D eigenvalue weighted by Crippen LogP contribution is 2.23. The highest BCUT2D eigenvalue weighted by Gasteiger charge is 2.47. The molecule has 0 heterocycles. The normalized spacial score (nSPS) is 13.6. The summed E-state index contributed by atoms with van der Waals surface area (Å²) in [4.78, 5) is 81.1. The van der Waals surface area contributed by atoms with Gasteiger partial charge in [-0.05, 0) is 112 Å². The lowest BCUT2D eigenvalue weighted by molar-refractivity contribution is -0.163. The Labute approximate surface area is 310 Å². The van der Waals surface area contributed by atoms with Crippen molar-refractivity contribution in [3.05, 3.63) is 70.2 Å². The Morgan fingerprint density at radius 1 is 0.569 bits per heavy atom. The number of carbonyl (C=O) groups is 6. The highest BCUT2D eigenvalue weighted by atomic mass is 79.9. The Kier molecular flexibility index (Phi) is 13.4. The zero-order valence-electron chi connectivity index (χ0n) is 31.8. The number of esters is 1. The van der Waals surface area contributed by atoms with Gasteiger partial charge < -0.3 is 31.3 Å². The molecule has 0 saturated heterocycles. The molecule has 280 valence electrons. The van der Waals surface area contributed by atoms with Gasteiger partial charge in [0.15, 0.2) is 0 Å². The van der Waals surface area contributed by atoms with Crippen molar-refractivity contribution in [2.75, 3.05) is 0 Å². The molecule has 12 nitrogen and oxygen atoms in total. The van der Waals surface area contributed by atoms with Crippen molar-refractivity contribution >= 4 is 51.4 Å². The second kappa shape index (κ2) is 16.0. The first-order chi connectivity index (χ1) is 23.2. The molecule has 0 saturated carbocycles. The van der Waals surface area contributed by atoms with Crippen LogP contribution in [0.25, 0.3) is 0 Å². The molecule has 5 amide bonds. The van der Waals surface area contributed by atoms with E-state index in [1.807, 2.05) is 18.2 Å². The number of amides is 5. The van der Waals surface area contributed by atoms with Crippen LogP contribution in [0.3, 0.4) is 0 Å². The van der Waals surface area contributed by atoms with Crippen LogP contribution in [0.15, 0.2) is 59.1 Å². The van der Waals surface area contributed by atoms with Gasteiger partial charge in [-0.3, -0.25) is 24.0 Å². The van der Waals surface area contributed by atoms with Gasteiger partial charge in [0.1, 0.15) is 33.3 Å². The Balaban J connectivity index is 2.34. The molecule has 0 fully saturated rings. The van der Waals surface area contributed by atoms with Crippen LogP contribution < -0.4 is 26.6 Å². The molecule has 0 spiro atoms. The largest absolute Gasteiger partial charge is 0.458 e. The lowest BCUT2D eigenvalue weighted by Crippen LogP contribution is -2.70. The molecule has 2 aromatic carbocycles. The fourth-order valence-corrected chi connectivity index (χ4v) is 5.01. The lowest BCUT2D eigenvalue weighted by Gasteiger charge is -2.40. The van der Waals surface area contributed by atoms with Gasteiger partial charge in [-0.2, -0.15) is 0 Å². The number of hydrogen-bond donors (Lipinski definition) is 5. The standard InChI is InChI=1S/C38H54BrN5O7/c1-13-38(23-24-17-15-14-16-18-24,31(49)43-35(7,8)29(47)42-37(11,12)32(50)51-33(2,3)4)44-30(48)36(9,10)41-28(46)34(5,6)40-27(45)25-19-21-26(39)22-20-25/h14-22H,13,23H2,1-12H3,(H,40,45)(H,41,46)(H,42,47)(H,43,49)(H,44,48)/t38-/m1/s1. The van der Waals surface area contributed by atoms with Crippen LogP contribution in [-0.4, -0.2) is 68.8 Å². The van der Waals surface area contributed by atoms with Gasteiger partial charge in [0.2, 0.25) is 23.6 Å². The summed E-state index contributed by atoms with van der Waals surface area (Å²) >= 11 is 3.33. The minimum absolute atomic E-state index is 0.0573. The fraction of sp³-hybridized carbons (Fsp3) is 0.526. The van der Waals surface area contributed by atoms with Crippen LogP contribution in [0.1, 0.15) is 105 Å². The van der Waals surface area contributed by atoms with E-state index in [1.165, 1.54) is 55.4 Å². The zero-order chi connectivity index (χ0) is 39.2. The fourth-order valence-electron chi connectivity index (χ4n) is 4.74. The minimum atomic E-state index is -1.58. The molecule has 0 aliphatic rings. The van der Waals surface area contributed by atoms with Gasteiger partial charge in [-0.15, -0.1) is 0 Å². The molecule has 13 heteroatoms. The van der Waals surface area contributed by atoms with Crippen molar-refractivity contribution in [1.29, 1.82) is 0 Å². The van der Waals surface area contributed by atoms with Crippen molar-refractivity contribution < 1.29 is 33.5 Å². The van der Waals surface area contributed by atoms with Crippen molar-refractivity contribution in [1.82, 2.24) is 26.6 Å². The maximum absolute atomic E-state index is 14.3. The number of benzene rings is 2. The van der Waals surface area contributed by atoms with Crippen LogP contribution >= 0.6 is 15.9 Å². The third kappa shape index (κ3) is 11.9. The monoisotopic (exact) mass is 771 g/mol. The van der Waals surface area contributed by atoms with E-state index >= 15 is 0 Å². The first-order valence-corrected chi connectivity index (χ1v) is 17.6. The quantitative estimate of drug-likeness (QED) is 0.176. The summed E-state index contributed by atoms with van der Waals surface area (Å²) in [6.45, 7) is 18.9. The maximum atomic E-state index is 14.3. The van der Waals surface area contributed by atoms with Gasteiger partial charge in [0.05, 0.1) is 0 Å². The summed E-state index contributed by atoms with van der Waals surface area (Å²) in [6, 6.07) is 15.7. The maximum Gasteiger partial charge on any atom is 0.331 e. The Bertz CT molecular complexity index is 1610. The SMILES string of the molecule is CC[C@](Cc1ccccc1)(NC(=O)C(C)(C)NC(=O)C(C)(C)NC(=O)c1ccc(Br)cc1)C(=O)NC(C)(C)C(=O)NC(C)(C)C(=O)OC(C)(C)C. The molecule has 0 unspecified atom stereocenters. The van der Waals surface area contributed by atoms with E-state index in [-0.39, 0.29) is 12.8 Å². The van der Waals surface area contributed by atoms with E-state index in [2.05, 4.69) is 42.5 Å². The number of ether oxygens (including phenoxy) is 1. The number of hydrogen-bond acceptors (Lipinski definition) is 7. The molecule has 0 bridgehead atoms. The number of carbonyl (C=O) groups excluding carboxylic acids is 6. The van der Waals surface area contributed by atoms with Gasteiger partial charge in [-0.1, -0.05) is 53.2 Å². The number of rotatable bonds is 14. The van der Waals surface area contributed by atoms with Gasteiger partial charge in [0.25, 0.3) is 5.91 Å². The molecule has 51 heavy (non-hydrogen) atoms. The predicted octanol–water partition coefficient (Wildman–Crippen LogP) is 4.49. The summed E-state index contributed by atoms with van der Waals surface area (Å²) in [5.41, 5.74) is -7.21. The molecule has 0 aliphatic heterocycles.